The van der Waals surface area contributed by atoms with E-state index in [1.807, 2.05) is 6.07 Å². The van der Waals surface area contributed by atoms with Crippen LogP contribution in [0.2, 0.25) is 8.67 Å². The fraction of sp³-hybridized carbons (Fsp3) is 0.333. The molecule has 0 aliphatic rings. The maximum atomic E-state index is 6.34. The van der Waals surface area contributed by atoms with Crippen molar-refractivity contribution in [2.45, 2.75) is 26.3 Å². The van der Waals surface area contributed by atoms with Crippen molar-refractivity contribution in [1.29, 1.82) is 0 Å². The molecule has 1 atom stereocenters. The first-order valence-corrected chi connectivity index (χ1v) is 8.84. The van der Waals surface area contributed by atoms with Crippen LogP contribution in [0.4, 0.5) is 0 Å². The van der Waals surface area contributed by atoms with E-state index in [1.165, 1.54) is 22.5 Å². The third kappa shape index (κ3) is 3.58. The van der Waals surface area contributed by atoms with Crippen molar-refractivity contribution in [2.75, 3.05) is 6.54 Å². The summed E-state index contributed by atoms with van der Waals surface area (Å²) >= 11 is 17.5. The predicted molar refractivity (Wildman–Crippen MR) is 93.4 cm³/mol. The number of rotatable bonds is 5. The average molecular weight is 393 g/mol. The minimum absolute atomic E-state index is 0.0729. The smallest absolute Gasteiger partial charge is 0.0995 e. The van der Waals surface area contributed by atoms with E-state index in [9.17, 15) is 0 Å². The first-order valence-electron chi connectivity index (χ1n) is 6.47. The highest BCUT2D eigenvalue weighted by Gasteiger charge is 2.21. The van der Waals surface area contributed by atoms with Gasteiger partial charge in [0.05, 0.1) is 14.7 Å². The highest BCUT2D eigenvalue weighted by molar-refractivity contribution is 9.10. The largest absolute Gasteiger partial charge is 0.306 e. The van der Waals surface area contributed by atoms with Gasteiger partial charge in [-0.2, -0.15) is 0 Å². The van der Waals surface area contributed by atoms with Crippen LogP contribution in [0.3, 0.4) is 0 Å². The topological polar surface area (TPSA) is 12.0 Å². The third-order valence-electron chi connectivity index (χ3n) is 3.21. The fourth-order valence-electron chi connectivity index (χ4n) is 2.16. The van der Waals surface area contributed by atoms with Gasteiger partial charge < -0.3 is 5.32 Å². The lowest BCUT2D eigenvalue weighted by molar-refractivity contribution is 0.597. The van der Waals surface area contributed by atoms with Gasteiger partial charge in [0, 0.05) is 10.0 Å². The molecule has 108 valence electrons. The molecule has 1 N–H and O–H groups in total. The summed E-state index contributed by atoms with van der Waals surface area (Å²) in [5.74, 6) is 0. The minimum Gasteiger partial charge on any atom is -0.306 e. The Kier molecular flexibility index (Phi) is 5.94. The first kappa shape index (κ1) is 16.3. The summed E-state index contributed by atoms with van der Waals surface area (Å²) in [6.07, 6.45) is 1.07. The van der Waals surface area contributed by atoms with Gasteiger partial charge >= 0.3 is 0 Å². The van der Waals surface area contributed by atoms with Crippen LogP contribution in [-0.4, -0.2) is 6.54 Å². The lowest BCUT2D eigenvalue weighted by Crippen LogP contribution is -2.23. The summed E-state index contributed by atoms with van der Waals surface area (Å²) in [5, 5.41) is 3.57. The summed E-state index contributed by atoms with van der Waals surface area (Å²) in [6, 6.07) is 8.27. The fourth-order valence-corrected chi connectivity index (χ4v) is 4.08. The predicted octanol–water partition coefficient (Wildman–Crippen LogP) is 6.21. The Morgan fingerprint density at radius 3 is 2.65 bits per heavy atom. The Balaban J connectivity index is 2.47. The zero-order valence-electron chi connectivity index (χ0n) is 11.3. The van der Waals surface area contributed by atoms with Crippen molar-refractivity contribution in [3.8, 4) is 0 Å². The Morgan fingerprint density at radius 1 is 1.30 bits per heavy atom. The van der Waals surface area contributed by atoms with Crippen LogP contribution in [0.5, 0.6) is 0 Å². The molecule has 0 bridgehead atoms. The number of benzene rings is 1. The summed E-state index contributed by atoms with van der Waals surface area (Å²) in [4.78, 5) is 0. The molecular formula is C15H16BrCl2NS. The summed E-state index contributed by atoms with van der Waals surface area (Å²) < 4.78 is 2.58. The van der Waals surface area contributed by atoms with E-state index in [4.69, 9.17) is 23.2 Å². The molecule has 1 unspecified atom stereocenters. The molecule has 0 saturated heterocycles. The van der Waals surface area contributed by atoms with Gasteiger partial charge in [0.1, 0.15) is 0 Å². The van der Waals surface area contributed by atoms with Crippen LogP contribution in [0, 0.1) is 6.92 Å². The van der Waals surface area contributed by atoms with Crippen molar-refractivity contribution < 1.29 is 0 Å². The molecule has 0 aliphatic carbocycles. The maximum Gasteiger partial charge on any atom is 0.0995 e. The molecule has 1 aromatic carbocycles. The number of nitrogens with one attached hydrogen (secondary N) is 1. The molecule has 0 spiro atoms. The van der Waals surface area contributed by atoms with E-state index in [-0.39, 0.29) is 6.04 Å². The molecule has 2 aromatic rings. The van der Waals surface area contributed by atoms with E-state index in [2.05, 4.69) is 53.3 Å². The number of thiophene rings is 1. The van der Waals surface area contributed by atoms with Crippen LogP contribution in [0.1, 0.15) is 36.1 Å². The van der Waals surface area contributed by atoms with E-state index in [1.54, 1.807) is 0 Å². The Hall–Kier alpha value is -0.0600. The standard InChI is InChI=1S/C15H16BrCl2NS/c1-3-7-19-14(11-8-13(17)20-15(11)18)10-5-4-6-12(16)9(10)2/h4-6,8,14,19H,3,7H2,1-2H3. The van der Waals surface area contributed by atoms with Gasteiger partial charge in [0.15, 0.2) is 0 Å². The van der Waals surface area contributed by atoms with Crippen molar-refractivity contribution in [2.24, 2.45) is 0 Å². The van der Waals surface area contributed by atoms with Crippen molar-refractivity contribution in [3.05, 3.63) is 54.1 Å². The Labute approximate surface area is 142 Å². The van der Waals surface area contributed by atoms with Gasteiger partial charge in [-0.3, -0.25) is 0 Å². The van der Waals surface area contributed by atoms with Gasteiger partial charge in [-0.1, -0.05) is 58.2 Å². The zero-order chi connectivity index (χ0) is 14.7. The van der Waals surface area contributed by atoms with Gasteiger partial charge in [0.25, 0.3) is 0 Å². The quantitative estimate of drug-likeness (QED) is 0.637. The maximum absolute atomic E-state index is 6.34. The van der Waals surface area contributed by atoms with Crippen molar-refractivity contribution >= 4 is 50.5 Å². The lowest BCUT2D eigenvalue weighted by Gasteiger charge is -2.21. The van der Waals surface area contributed by atoms with E-state index in [0.717, 1.165) is 31.7 Å². The second-order valence-electron chi connectivity index (χ2n) is 4.62. The molecular weight excluding hydrogens is 377 g/mol. The van der Waals surface area contributed by atoms with Gasteiger partial charge in [0.2, 0.25) is 0 Å². The second kappa shape index (κ2) is 7.28. The minimum atomic E-state index is 0.0729. The Morgan fingerprint density at radius 2 is 2.05 bits per heavy atom. The average Bonchev–Trinajstić information content (AvgIpc) is 2.74. The molecule has 1 nitrogen and oxygen atoms in total. The van der Waals surface area contributed by atoms with Crippen LogP contribution < -0.4 is 5.32 Å². The Bertz CT molecular complexity index is 598. The first-order chi connectivity index (χ1) is 9.54. The molecule has 5 heteroatoms. The van der Waals surface area contributed by atoms with Gasteiger partial charge in [-0.05, 0) is 43.1 Å². The normalized spacial score (nSPS) is 12.7. The highest BCUT2D eigenvalue weighted by Crippen LogP contribution is 2.39. The molecule has 1 aromatic heterocycles. The number of hydrogen-bond donors (Lipinski definition) is 1. The molecule has 0 amide bonds. The number of halogens is 3. The van der Waals surface area contributed by atoms with Crippen LogP contribution in [-0.2, 0) is 0 Å². The van der Waals surface area contributed by atoms with Gasteiger partial charge in [-0.25, -0.2) is 0 Å². The van der Waals surface area contributed by atoms with Crippen molar-refractivity contribution in [1.82, 2.24) is 5.32 Å². The SMILES string of the molecule is CCCNC(c1cc(Cl)sc1Cl)c1cccc(Br)c1C. The zero-order valence-corrected chi connectivity index (χ0v) is 15.3. The summed E-state index contributed by atoms with van der Waals surface area (Å²) in [7, 11) is 0. The van der Waals surface area contributed by atoms with E-state index < -0.39 is 0 Å². The molecule has 0 fully saturated rings. The summed E-state index contributed by atoms with van der Waals surface area (Å²) in [5.41, 5.74) is 3.50. The van der Waals surface area contributed by atoms with Crippen LogP contribution in [0.25, 0.3) is 0 Å². The van der Waals surface area contributed by atoms with Gasteiger partial charge in [-0.15, -0.1) is 11.3 Å². The van der Waals surface area contributed by atoms with Crippen molar-refractivity contribution in [3.63, 3.8) is 0 Å². The molecule has 20 heavy (non-hydrogen) atoms. The second-order valence-corrected chi connectivity index (χ2v) is 7.76. The summed E-state index contributed by atoms with van der Waals surface area (Å²) in [6.45, 7) is 5.20. The molecule has 0 aliphatic heterocycles. The molecule has 1 heterocycles. The molecule has 0 radical (unpaired) electrons. The van der Waals surface area contributed by atoms with E-state index in [0.29, 0.717) is 0 Å². The monoisotopic (exact) mass is 391 g/mol. The molecule has 0 saturated carbocycles. The lowest BCUT2D eigenvalue weighted by atomic mass is 9.96. The third-order valence-corrected chi connectivity index (χ3v) is 5.59. The molecule has 2 rings (SSSR count). The van der Waals surface area contributed by atoms with Crippen LogP contribution >= 0.6 is 50.5 Å². The number of hydrogen-bond acceptors (Lipinski definition) is 2. The highest BCUT2D eigenvalue weighted by atomic mass is 79.9. The van der Waals surface area contributed by atoms with Crippen LogP contribution in [0.15, 0.2) is 28.7 Å². The van der Waals surface area contributed by atoms with E-state index >= 15 is 0 Å².